The number of rotatable bonds is 7. The Morgan fingerprint density at radius 2 is 1.92 bits per heavy atom. The fourth-order valence-corrected chi connectivity index (χ4v) is 2.50. The van der Waals surface area contributed by atoms with E-state index in [0.717, 1.165) is 25.1 Å². The van der Waals surface area contributed by atoms with Crippen LogP contribution in [0.4, 0.5) is 10.5 Å². The maximum Gasteiger partial charge on any atom is 0.515 e. The maximum atomic E-state index is 12.0. The highest BCUT2D eigenvalue weighted by molar-refractivity contribution is 6.30. The lowest BCUT2D eigenvalue weighted by Gasteiger charge is -2.30. The molecule has 2 aromatic rings. The molecule has 0 aliphatic heterocycles. The van der Waals surface area contributed by atoms with Crippen molar-refractivity contribution < 1.29 is 14.3 Å². The molecule has 5 heteroatoms. The van der Waals surface area contributed by atoms with Crippen LogP contribution < -0.4 is 9.64 Å². The van der Waals surface area contributed by atoms with E-state index >= 15 is 0 Å². The van der Waals surface area contributed by atoms with Gasteiger partial charge in [0.25, 0.3) is 0 Å². The lowest BCUT2D eigenvalue weighted by atomic mass is 10.2. The first-order chi connectivity index (χ1) is 11.6. The summed E-state index contributed by atoms with van der Waals surface area (Å²) in [5.41, 5.74) is 1.01. The van der Waals surface area contributed by atoms with Gasteiger partial charge in [-0.1, -0.05) is 49.2 Å². The first-order valence-electron chi connectivity index (χ1n) is 8.06. The van der Waals surface area contributed by atoms with Crippen molar-refractivity contribution in [2.75, 3.05) is 11.4 Å². The molecule has 0 radical (unpaired) electrons. The topological polar surface area (TPSA) is 38.8 Å². The molecular weight excluding hydrogens is 326 g/mol. The minimum atomic E-state index is -0.748. The van der Waals surface area contributed by atoms with Crippen LogP contribution in [-0.2, 0) is 4.74 Å². The number of para-hydroxylation sites is 1. The smallest absolute Gasteiger partial charge is 0.410 e. The number of halogens is 1. The number of hydrogen-bond acceptors (Lipinski definition) is 4. The molecule has 1 unspecified atom stereocenters. The molecule has 0 saturated carbocycles. The molecule has 4 nitrogen and oxygen atoms in total. The number of benzene rings is 2. The van der Waals surface area contributed by atoms with Gasteiger partial charge in [-0.05, 0) is 43.7 Å². The Balaban J connectivity index is 2.01. The Hall–Kier alpha value is -2.20. The van der Waals surface area contributed by atoms with Crippen LogP contribution in [0.25, 0.3) is 0 Å². The molecule has 24 heavy (non-hydrogen) atoms. The molecule has 0 fully saturated rings. The van der Waals surface area contributed by atoms with Crippen LogP contribution in [0.2, 0.25) is 5.02 Å². The SMILES string of the molecule is CCCCN(c1ccccc1)C(C)OC(=O)Oc1cccc(Cl)c1. The summed E-state index contributed by atoms with van der Waals surface area (Å²) in [7, 11) is 0. The van der Waals surface area contributed by atoms with Crippen LogP contribution in [0.15, 0.2) is 54.6 Å². The van der Waals surface area contributed by atoms with Gasteiger partial charge < -0.3 is 14.4 Å². The van der Waals surface area contributed by atoms with Gasteiger partial charge in [0, 0.05) is 17.3 Å². The van der Waals surface area contributed by atoms with Gasteiger partial charge in [-0.3, -0.25) is 0 Å². The number of carbonyl (C=O) groups is 1. The highest BCUT2D eigenvalue weighted by atomic mass is 35.5. The van der Waals surface area contributed by atoms with E-state index in [1.54, 1.807) is 24.3 Å². The van der Waals surface area contributed by atoms with Gasteiger partial charge in [0.1, 0.15) is 5.75 Å². The summed E-state index contributed by atoms with van der Waals surface area (Å²) in [4.78, 5) is 14.1. The van der Waals surface area contributed by atoms with Gasteiger partial charge in [-0.25, -0.2) is 4.79 Å². The summed E-state index contributed by atoms with van der Waals surface area (Å²) in [6, 6.07) is 16.5. The first kappa shape index (κ1) is 18.1. The summed E-state index contributed by atoms with van der Waals surface area (Å²) in [5.74, 6) is 0.361. The first-order valence-corrected chi connectivity index (χ1v) is 8.43. The van der Waals surface area contributed by atoms with Crippen LogP contribution in [-0.4, -0.2) is 18.9 Å². The molecule has 0 bridgehead atoms. The lowest BCUT2D eigenvalue weighted by molar-refractivity contribution is 0.0640. The average molecular weight is 348 g/mol. The molecular formula is C19H22ClNO3. The molecule has 0 aromatic heterocycles. The Morgan fingerprint density at radius 1 is 1.17 bits per heavy atom. The van der Waals surface area contributed by atoms with Gasteiger partial charge in [0.2, 0.25) is 0 Å². The molecule has 0 spiro atoms. The predicted octanol–water partition coefficient (Wildman–Crippen LogP) is 5.51. The van der Waals surface area contributed by atoms with Crippen molar-refractivity contribution in [3.05, 3.63) is 59.6 Å². The summed E-state index contributed by atoms with van der Waals surface area (Å²) in [6.45, 7) is 4.76. The van der Waals surface area contributed by atoms with Crippen LogP contribution >= 0.6 is 11.6 Å². The molecule has 128 valence electrons. The predicted molar refractivity (Wildman–Crippen MR) is 96.7 cm³/mol. The van der Waals surface area contributed by atoms with Crippen molar-refractivity contribution in [2.45, 2.75) is 32.9 Å². The van der Waals surface area contributed by atoms with E-state index in [1.807, 2.05) is 42.2 Å². The summed E-state index contributed by atoms with van der Waals surface area (Å²) < 4.78 is 10.6. The minimum absolute atomic E-state index is 0.361. The Kier molecular flexibility index (Phi) is 6.94. The lowest BCUT2D eigenvalue weighted by Crippen LogP contribution is -2.38. The molecule has 0 heterocycles. The van der Waals surface area contributed by atoms with Crippen LogP contribution in [0.1, 0.15) is 26.7 Å². The largest absolute Gasteiger partial charge is 0.515 e. The molecule has 0 N–H and O–H groups in total. The minimum Gasteiger partial charge on any atom is -0.410 e. The van der Waals surface area contributed by atoms with E-state index in [2.05, 4.69) is 6.92 Å². The maximum absolute atomic E-state index is 12.0. The molecule has 0 saturated heterocycles. The third kappa shape index (κ3) is 5.46. The second-order valence-electron chi connectivity index (χ2n) is 5.41. The summed E-state index contributed by atoms with van der Waals surface area (Å²) in [5, 5.41) is 0.502. The highest BCUT2D eigenvalue weighted by Gasteiger charge is 2.19. The molecule has 1 atom stereocenters. The van der Waals surface area contributed by atoms with E-state index in [0.29, 0.717) is 10.8 Å². The van der Waals surface area contributed by atoms with E-state index in [-0.39, 0.29) is 0 Å². The van der Waals surface area contributed by atoms with E-state index in [9.17, 15) is 4.79 Å². The fourth-order valence-electron chi connectivity index (χ4n) is 2.32. The molecule has 0 aliphatic carbocycles. The van der Waals surface area contributed by atoms with E-state index in [1.165, 1.54) is 0 Å². The second kappa shape index (κ2) is 9.18. The molecule has 0 amide bonds. The Labute approximate surface area is 147 Å². The van der Waals surface area contributed by atoms with Gasteiger partial charge in [-0.15, -0.1) is 0 Å². The molecule has 2 rings (SSSR count). The summed E-state index contributed by atoms with van der Waals surface area (Å²) >= 11 is 5.88. The normalized spacial score (nSPS) is 11.6. The quantitative estimate of drug-likeness (QED) is 0.376. The standard InChI is InChI=1S/C19H22ClNO3/c1-3-4-13-21(17-10-6-5-7-11-17)15(2)23-19(22)24-18-12-8-9-16(20)14-18/h5-12,14-15H,3-4,13H2,1-2H3. The number of nitrogens with zero attached hydrogens (tertiary/aromatic N) is 1. The van der Waals surface area contributed by atoms with Crippen molar-refractivity contribution in [3.63, 3.8) is 0 Å². The van der Waals surface area contributed by atoms with Crippen molar-refractivity contribution in [2.24, 2.45) is 0 Å². The third-order valence-electron chi connectivity index (χ3n) is 3.54. The number of carbonyl (C=O) groups excluding carboxylic acids is 1. The number of anilines is 1. The highest BCUT2D eigenvalue weighted by Crippen LogP contribution is 2.20. The van der Waals surface area contributed by atoms with Crippen LogP contribution in [0.3, 0.4) is 0 Å². The summed E-state index contributed by atoms with van der Waals surface area (Å²) in [6.07, 6.45) is 0.877. The van der Waals surface area contributed by atoms with Crippen LogP contribution in [0, 0.1) is 0 Å². The van der Waals surface area contributed by atoms with Gasteiger partial charge >= 0.3 is 6.16 Å². The average Bonchev–Trinajstić information content (AvgIpc) is 2.56. The zero-order valence-corrected chi connectivity index (χ0v) is 14.7. The Bertz CT molecular complexity index is 648. The van der Waals surface area contributed by atoms with Crippen molar-refractivity contribution in [1.82, 2.24) is 0 Å². The van der Waals surface area contributed by atoms with Crippen molar-refractivity contribution >= 4 is 23.4 Å². The zero-order chi connectivity index (χ0) is 17.4. The van der Waals surface area contributed by atoms with Gasteiger partial charge in [0.15, 0.2) is 6.23 Å². The zero-order valence-electron chi connectivity index (χ0n) is 13.9. The number of ether oxygens (including phenoxy) is 2. The third-order valence-corrected chi connectivity index (χ3v) is 3.78. The Morgan fingerprint density at radius 3 is 2.58 bits per heavy atom. The molecule has 2 aromatic carbocycles. The number of hydrogen-bond donors (Lipinski definition) is 0. The number of unbranched alkanes of at least 4 members (excludes halogenated alkanes) is 1. The van der Waals surface area contributed by atoms with E-state index in [4.69, 9.17) is 21.1 Å². The van der Waals surface area contributed by atoms with Crippen LogP contribution in [0.5, 0.6) is 5.75 Å². The van der Waals surface area contributed by atoms with Gasteiger partial charge in [-0.2, -0.15) is 0 Å². The van der Waals surface area contributed by atoms with Crippen molar-refractivity contribution in [3.8, 4) is 5.75 Å². The van der Waals surface area contributed by atoms with Gasteiger partial charge in [0.05, 0.1) is 0 Å². The molecule has 0 aliphatic rings. The van der Waals surface area contributed by atoms with Crippen molar-refractivity contribution in [1.29, 1.82) is 0 Å². The second-order valence-corrected chi connectivity index (χ2v) is 5.85. The fraction of sp³-hybridized carbons (Fsp3) is 0.316. The monoisotopic (exact) mass is 347 g/mol. The van der Waals surface area contributed by atoms with E-state index < -0.39 is 12.4 Å².